The van der Waals surface area contributed by atoms with E-state index in [2.05, 4.69) is 20.3 Å². The molecule has 1 atom stereocenters. The molecule has 4 rings (SSSR count). The van der Waals surface area contributed by atoms with Gasteiger partial charge in [-0.3, -0.25) is 14.6 Å². The van der Waals surface area contributed by atoms with Crippen LogP contribution in [0.2, 0.25) is 0 Å². The molecular weight excluding hydrogens is 404 g/mol. The SMILES string of the molecule is COC1CCC(C(=O)NC(Cc2cc(=O)[nH]c(-c3ccccn3)n2)c2ccccc2)CC1. The van der Waals surface area contributed by atoms with Gasteiger partial charge in [0.05, 0.1) is 17.8 Å². The monoisotopic (exact) mass is 432 g/mol. The maximum absolute atomic E-state index is 13.1. The fourth-order valence-corrected chi connectivity index (χ4v) is 4.23. The zero-order valence-electron chi connectivity index (χ0n) is 18.2. The van der Waals surface area contributed by atoms with Gasteiger partial charge in [-0.2, -0.15) is 0 Å². The molecule has 166 valence electrons. The second-order valence-corrected chi connectivity index (χ2v) is 8.19. The number of nitrogens with one attached hydrogen (secondary N) is 2. The number of nitrogens with zero attached hydrogens (tertiary/aromatic N) is 2. The number of aromatic amines is 1. The molecule has 1 aromatic carbocycles. The fraction of sp³-hybridized carbons (Fsp3) is 0.360. The molecule has 1 aliphatic carbocycles. The van der Waals surface area contributed by atoms with Crippen LogP contribution in [0.1, 0.15) is 43.0 Å². The third kappa shape index (κ3) is 5.48. The molecule has 7 heteroatoms. The highest BCUT2D eigenvalue weighted by molar-refractivity contribution is 5.79. The third-order valence-electron chi connectivity index (χ3n) is 6.01. The Morgan fingerprint density at radius 3 is 2.56 bits per heavy atom. The van der Waals surface area contributed by atoms with Crippen LogP contribution in [-0.4, -0.2) is 34.1 Å². The maximum atomic E-state index is 13.1. The average molecular weight is 433 g/mol. The summed E-state index contributed by atoms with van der Waals surface area (Å²) in [5, 5.41) is 3.22. The lowest BCUT2D eigenvalue weighted by Gasteiger charge is -2.28. The summed E-state index contributed by atoms with van der Waals surface area (Å²) >= 11 is 0. The van der Waals surface area contributed by atoms with Crippen molar-refractivity contribution in [1.29, 1.82) is 0 Å². The van der Waals surface area contributed by atoms with Crippen LogP contribution in [-0.2, 0) is 16.0 Å². The van der Waals surface area contributed by atoms with Crippen molar-refractivity contribution >= 4 is 5.91 Å². The first-order chi connectivity index (χ1) is 15.6. The van der Waals surface area contributed by atoms with Gasteiger partial charge in [0.2, 0.25) is 5.91 Å². The molecule has 3 aromatic rings. The van der Waals surface area contributed by atoms with E-state index in [1.54, 1.807) is 19.4 Å². The van der Waals surface area contributed by atoms with Crippen molar-refractivity contribution in [2.24, 2.45) is 5.92 Å². The summed E-state index contributed by atoms with van der Waals surface area (Å²) in [5.41, 5.74) is 1.94. The van der Waals surface area contributed by atoms with E-state index >= 15 is 0 Å². The van der Waals surface area contributed by atoms with Crippen LogP contribution in [0.5, 0.6) is 0 Å². The minimum absolute atomic E-state index is 0.0242. The van der Waals surface area contributed by atoms with Crippen molar-refractivity contribution in [2.45, 2.75) is 44.2 Å². The van der Waals surface area contributed by atoms with Crippen molar-refractivity contribution in [2.75, 3.05) is 7.11 Å². The fourth-order valence-electron chi connectivity index (χ4n) is 4.23. The topological polar surface area (TPSA) is 97.0 Å². The van der Waals surface area contributed by atoms with E-state index in [1.165, 1.54) is 6.07 Å². The van der Waals surface area contributed by atoms with Crippen LogP contribution in [0.4, 0.5) is 0 Å². The van der Waals surface area contributed by atoms with Gasteiger partial charge < -0.3 is 15.0 Å². The molecule has 1 unspecified atom stereocenters. The van der Waals surface area contributed by atoms with Crippen LogP contribution < -0.4 is 10.9 Å². The van der Waals surface area contributed by atoms with Gasteiger partial charge in [-0.15, -0.1) is 0 Å². The summed E-state index contributed by atoms with van der Waals surface area (Å²) in [6.07, 6.45) is 5.74. The standard InChI is InChI=1S/C25H28N4O3/c1-32-20-12-10-18(11-13-20)25(31)28-22(17-7-3-2-4-8-17)15-19-16-23(30)29-24(27-19)21-9-5-6-14-26-21/h2-9,14,16,18,20,22H,10-13,15H2,1H3,(H,28,31)(H,27,29,30). The zero-order chi connectivity index (χ0) is 22.3. The summed E-state index contributed by atoms with van der Waals surface area (Å²) in [6, 6.07) is 16.5. The van der Waals surface area contributed by atoms with Gasteiger partial charge in [0.1, 0.15) is 5.69 Å². The summed E-state index contributed by atoms with van der Waals surface area (Å²) in [7, 11) is 1.73. The minimum atomic E-state index is -0.283. The van der Waals surface area contributed by atoms with Crippen LogP contribution in [0.15, 0.2) is 65.6 Å². The van der Waals surface area contributed by atoms with E-state index in [0.29, 0.717) is 23.6 Å². The predicted molar refractivity (Wildman–Crippen MR) is 122 cm³/mol. The van der Waals surface area contributed by atoms with Gasteiger partial charge >= 0.3 is 0 Å². The van der Waals surface area contributed by atoms with E-state index in [-0.39, 0.29) is 29.5 Å². The van der Waals surface area contributed by atoms with Gasteiger partial charge in [0, 0.05) is 31.7 Å². The Morgan fingerprint density at radius 1 is 1.12 bits per heavy atom. The summed E-state index contributed by atoms with van der Waals surface area (Å²) in [4.78, 5) is 37.0. The van der Waals surface area contributed by atoms with Crippen molar-refractivity contribution < 1.29 is 9.53 Å². The van der Waals surface area contributed by atoms with E-state index in [1.807, 2.05) is 42.5 Å². The Labute approximate surface area is 187 Å². The Kier molecular flexibility index (Phi) is 7.07. The normalized spacial score (nSPS) is 19.3. The quantitative estimate of drug-likeness (QED) is 0.596. The first-order valence-electron chi connectivity index (χ1n) is 11.0. The molecule has 1 fully saturated rings. The van der Waals surface area contributed by atoms with E-state index in [0.717, 1.165) is 31.2 Å². The number of benzene rings is 1. The lowest BCUT2D eigenvalue weighted by atomic mass is 9.86. The van der Waals surface area contributed by atoms with Crippen molar-refractivity contribution in [3.8, 4) is 11.5 Å². The molecule has 2 N–H and O–H groups in total. The van der Waals surface area contributed by atoms with Crippen molar-refractivity contribution in [1.82, 2.24) is 20.3 Å². The van der Waals surface area contributed by atoms with Crippen molar-refractivity contribution in [3.63, 3.8) is 0 Å². The summed E-state index contributed by atoms with van der Waals surface area (Å²) < 4.78 is 5.43. The predicted octanol–water partition coefficient (Wildman–Crippen LogP) is 3.44. The number of hydrogen-bond acceptors (Lipinski definition) is 5. The summed E-state index contributed by atoms with van der Waals surface area (Å²) in [6.45, 7) is 0. The molecule has 32 heavy (non-hydrogen) atoms. The number of pyridine rings is 1. The number of H-pyrrole nitrogens is 1. The smallest absolute Gasteiger partial charge is 0.251 e. The Balaban J connectivity index is 1.55. The highest BCUT2D eigenvalue weighted by Gasteiger charge is 2.28. The van der Waals surface area contributed by atoms with Gasteiger partial charge in [0.15, 0.2) is 5.82 Å². The lowest BCUT2D eigenvalue weighted by Crippen LogP contribution is -2.37. The zero-order valence-corrected chi connectivity index (χ0v) is 18.2. The Bertz CT molecular complexity index is 1080. The maximum Gasteiger partial charge on any atom is 0.251 e. The number of hydrogen-bond donors (Lipinski definition) is 2. The second kappa shape index (κ2) is 10.3. The number of methoxy groups -OCH3 is 1. The summed E-state index contributed by atoms with van der Waals surface area (Å²) in [5.74, 6) is 0.441. The molecule has 1 aliphatic rings. The van der Waals surface area contributed by atoms with Crippen molar-refractivity contribution in [3.05, 3.63) is 82.4 Å². The Morgan fingerprint density at radius 2 is 1.88 bits per heavy atom. The highest BCUT2D eigenvalue weighted by atomic mass is 16.5. The molecule has 0 spiro atoms. The van der Waals surface area contributed by atoms with Crippen LogP contribution in [0.3, 0.4) is 0 Å². The lowest BCUT2D eigenvalue weighted by molar-refractivity contribution is -0.127. The average Bonchev–Trinajstić information content (AvgIpc) is 2.84. The molecule has 1 saturated carbocycles. The first-order valence-corrected chi connectivity index (χ1v) is 11.0. The first kappa shape index (κ1) is 21.9. The number of amides is 1. The van der Waals surface area contributed by atoms with E-state index in [9.17, 15) is 9.59 Å². The highest BCUT2D eigenvalue weighted by Crippen LogP contribution is 2.27. The molecule has 0 saturated heterocycles. The third-order valence-corrected chi connectivity index (χ3v) is 6.01. The molecular formula is C25H28N4O3. The number of ether oxygens (including phenoxy) is 1. The molecule has 1 amide bonds. The second-order valence-electron chi connectivity index (χ2n) is 8.19. The largest absolute Gasteiger partial charge is 0.381 e. The molecule has 0 aliphatic heterocycles. The minimum Gasteiger partial charge on any atom is -0.381 e. The number of aromatic nitrogens is 3. The van der Waals surface area contributed by atoms with Gasteiger partial charge in [0.25, 0.3) is 5.56 Å². The van der Waals surface area contributed by atoms with Crippen LogP contribution >= 0.6 is 0 Å². The number of carbonyl (C=O) groups is 1. The Hall–Kier alpha value is -3.32. The molecule has 2 heterocycles. The number of carbonyl (C=O) groups excluding carboxylic acids is 1. The molecule has 0 bridgehead atoms. The van der Waals surface area contributed by atoms with Crippen LogP contribution in [0.25, 0.3) is 11.5 Å². The molecule has 2 aromatic heterocycles. The number of rotatable bonds is 7. The molecule has 0 radical (unpaired) electrons. The van der Waals surface area contributed by atoms with Crippen LogP contribution in [0, 0.1) is 5.92 Å². The molecule has 7 nitrogen and oxygen atoms in total. The van der Waals surface area contributed by atoms with E-state index < -0.39 is 0 Å². The van der Waals surface area contributed by atoms with Gasteiger partial charge in [-0.1, -0.05) is 36.4 Å². The van der Waals surface area contributed by atoms with Gasteiger partial charge in [-0.25, -0.2) is 4.98 Å². The van der Waals surface area contributed by atoms with E-state index in [4.69, 9.17) is 4.74 Å². The van der Waals surface area contributed by atoms with Gasteiger partial charge in [-0.05, 0) is 43.4 Å².